The standard InChI is InChI=1S/C9H9BFNO4/c11-6-2-1-5-3-4-10(14)15-8(5)7(6)9(13)16-12/h1-2,14H,3-4,12H2. The van der Waals surface area contributed by atoms with Gasteiger partial charge in [-0.15, -0.1) is 0 Å². The first-order valence-electron chi connectivity index (χ1n) is 4.70. The van der Waals surface area contributed by atoms with Crippen LogP contribution in [0.3, 0.4) is 0 Å². The van der Waals surface area contributed by atoms with E-state index in [0.29, 0.717) is 18.3 Å². The van der Waals surface area contributed by atoms with Crippen LogP contribution < -0.4 is 10.6 Å². The van der Waals surface area contributed by atoms with Crippen LogP contribution in [-0.4, -0.2) is 18.1 Å². The molecule has 84 valence electrons. The molecular formula is C9H9BFNO4. The summed E-state index contributed by atoms with van der Waals surface area (Å²) in [5.41, 5.74) is 0.269. The average Bonchev–Trinajstić information content (AvgIpc) is 2.28. The lowest BCUT2D eigenvalue weighted by molar-refractivity contribution is 0.0495. The fourth-order valence-electron chi connectivity index (χ4n) is 1.66. The molecule has 1 aromatic carbocycles. The van der Waals surface area contributed by atoms with Gasteiger partial charge in [-0.25, -0.2) is 9.18 Å². The third-order valence-corrected chi connectivity index (χ3v) is 2.41. The molecule has 0 bridgehead atoms. The van der Waals surface area contributed by atoms with Gasteiger partial charge in [0.25, 0.3) is 0 Å². The topological polar surface area (TPSA) is 81.8 Å². The van der Waals surface area contributed by atoms with Crippen LogP contribution in [0.25, 0.3) is 0 Å². The molecule has 0 amide bonds. The van der Waals surface area contributed by atoms with Crippen LogP contribution in [-0.2, 0) is 11.3 Å². The van der Waals surface area contributed by atoms with Crippen molar-refractivity contribution >= 4 is 13.1 Å². The van der Waals surface area contributed by atoms with Crippen molar-refractivity contribution in [1.29, 1.82) is 0 Å². The second-order valence-electron chi connectivity index (χ2n) is 3.43. The molecule has 7 heteroatoms. The van der Waals surface area contributed by atoms with Gasteiger partial charge in [-0.1, -0.05) is 6.07 Å². The molecule has 3 N–H and O–H groups in total. The quantitative estimate of drug-likeness (QED) is 0.529. The first-order chi connectivity index (χ1) is 7.63. The lowest BCUT2D eigenvalue weighted by atomic mass is 9.78. The Morgan fingerprint density at radius 1 is 1.62 bits per heavy atom. The molecule has 0 aliphatic carbocycles. The highest BCUT2D eigenvalue weighted by atomic mass is 19.1. The molecule has 1 aromatic rings. The molecule has 0 fully saturated rings. The van der Waals surface area contributed by atoms with Crippen molar-refractivity contribution in [3.05, 3.63) is 29.1 Å². The average molecular weight is 225 g/mol. The number of hydrogen-bond donors (Lipinski definition) is 2. The SMILES string of the molecule is NOC(=O)c1c(F)ccc2c1OB(O)CC2. The highest BCUT2D eigenvalue weighted by molar-refractivity contribution is 6.44. The molecule has 0 aromatic heterocycles. The zero-order valence-electron chi connectivity index (χ0n) is 8.27. The molecule has 1 aliphatic rings. The summed E-state index contributed by atoms with van der Waals surface area (Å²) in [5, 5.41) is 9.30. The number of halogens is 1. The van der Waals surface area contributed by atoms with Crippen molar-refractivity contribution < 1.29 is 23.7 Å². The second kappa shape index (κ2) is 4.11. The van der Waals surface area contributed by atoms with Crippen LogP contribution in [0.15, 0.2) is 12.1 Å². The molecule has 0 radical (unpaired) electrons. The number of carbonyl (C=O) groups is 1. The molecule has 0 unspecified atom stereocenters. The van der Waals surface area contributed by atoms with Crippen molar-refractivity contribution in [3.8, 4) is 5.75 Å². The van der Waals surface area contributed by atoms with Crippen LogP contribution in [0, 0.1) is 5.82 Å². The van der Waals surface area contributed by atoms with E-state index in [0.717, 1.165) is 6.07 Å². The minimum Gasteiger partial charge on any atom is -0.535 e. The first kappa shape index (κ1) is 10.9. The minimum absolute atomic E-state index is 0.00852. The van der Waals surface area contributed by atoms with Gasteiger partial charge in [-0.05, 0) is 24.4 Å². The number of nitrogens with two attached hydrogens (primary N) is 1. The molecule has 1 heterocycles. The van der Waals surface area contributed by atoms with E-state index >= 15 is 0 Å². The number of aryl methyl sites for hydroxylation is 1. The van der Waals surface area contributed by atoms with Gasteiger partial charge in [0, 0.05) is 0 Å². The summed E-state index contributed by atoms with van der Waals surface area (Å²) in [4.78, 5) is 15.2. The highest BCUT2D eigenvalue weighted by Gasteiger charge is 2.30. The maximum absolute atomic E-state index is 13.4. The van der Waals surface area contributed by atoms with Gasteiger partial charge in [0.15, 0.2) is 0 Å². The number of hydrogen-bond acceptors (Lipinski definition) is 5. The molecule has 0 saturated carbocycles. The Bertz CT molecular complexity index is 440. The van der Waals surface area contributed by atoms with E-state index in [4.69, 9.17) is 10.6 Å². The van der Waals surface area contributed by atoms with E-state index in [1.54, 1.807) is 0 Å². The molecule has 0 spiro atoms. The molecule has 0 saturated heterocycles. The van der Waals surface area contributed by atoms with Gasteiger partial charge >= 0.3 is 13.1 Å². The first-order valence-corrected chi connectivity index (χ1v) is 4.70. The number of carbonyl (C=O) groups excluding carboxylic acids is 1. The molecule has 2 rings (SSSR count). The lowest BCUT2D eigenvalue weighted by Crippen LogP contribution is -2.29. The Morgan fingerprint density at radius 2 is 2.38 bits per heavy atom. The largest absolute Gasteiger partial charge is 0.535 e. The van der Waals surface area contributed by atoms with E-state index in [-0.39, 0.29) is 11.3 Å². The normalized spacial score (nSPS) is 14.1. The Labute approximate surface area is 91.1 Å². The van der Waals surface area contributed by atoms with E-state index < -0.39 is 18.9 Å². The zero-order valence-corrected chi connectivity index (χ0v) is 8.27. The summed E-state index contributed by atoms with van der Waals surface area (Å²) in [6.45, 7) is 0. The van der Waals surface area contributed by atoms with Crippen molar-refractivity contribution in [2.24, 2.45) is 5.90 Å². The highest BCUT2D eigenvalue weighted by Crippen LogP contribution is 2.32. The summed E-state index contributed by atoms with van der Waals surface area (Å²) in [7, 11) is -1.04. The van der Waals surface area contributed by atoms with E-state index in [2.05, 4.69) is 4.84 Å². The van der Waals surface area contributed by atoms with Gasteiger partial charge in [0.2, 0.25) is 0 Å². The van der Waals surface area contributed by atoms with Crippen LogP contribution in [0.4, 0.5) is 4.39 Å². The van der Waals surface area contributed by atoms with Crippen molar-refractivity contribution in [1.82, 2.24) is 0 Å². The van der Waals surface area contributed by atoms with Gasteiger partial charge < -0.3 is 14.5 Å². The second-order valence-corrected chi connectivity index (χ2v) is 3.43. The Morgan fingerprint density at radius 3 is 3.06 bits per heavy atom. The smallest absolute Gasteiger partial charge is 0.522 e. The van der Waals surface area contributed by atoms with E-state index in [9.17, 15) is 14.2 Å². The number of benzene rings is 1. The third kappa shape index (κ3) is 1.75. The fourth-order valence-corrected chi connectivity index (χ4v) is 1.66. The Balaban J connectivity index is 2.53. The van der Waals surface area contributed by atoms with E-state index in [1.165, 1.54) is 6.07 Å². The molecule has 5 nitrogen and oxygen atoms in total. The fraction of sp³-hybridized carbons (Fsp3) is 0.222. The maximum atomic E-state index is 13.4. The zero-order chi connectivity index (χ0) is 11.7. The summed E-state index contributed by atoms with van der Waals surface area (Å²) in [6.07, 6.45) is 0.900. The summed E-state index contributed by atoms with van der Waals surface area (Å²) in [6, 6.07) is 2.65. The number of rotatable bonds is 1. The Kier molecular flexibility index (Phi) is 2.80. The van der Waals surface area contributed by atoms with Crippen molar-refractivity contribution in [3.63, 3.8) is 0 Å². The summed E-state index contributed by atoms with van der Waals surface area (Å²) >= 11 is 0. The van der Waals surface area contributed by atoms with Crippen LogP contribution in [0.5, 0.6) is 5.75 Å². The molecular weight excluding hydrogens is 216 g/mol. The van der Waals surface area contributed by atoms with Crippen molar-refractivity contribution in [2.75, 3.05) is 0 Å². The monoisotopic (exact) mass is 225 g/mol. The van der Waals surface area contributed by atoms with Gasteiger partial charge in [-0.2, -0.15) is 5.90 Å². The third-order valence-electron chi connectivity index (χ3n) is 2.41. The molecule has 1 aliphatic heterocycles. The molecule has 0 atom stereocenters. The van der Waals surface area contributed by atoms with Crippen molar-refractivity contribution in [2.45, 2.75) is 12.7 Å². The summed E-state index contributed by atoms with van der Waals surface area (Å²) in [5.74, 6) is 2.90. The number of fused-ring (bicyclic) bond motifs is 1. The van der Waals surface area contributed by atoms with Crippen LogP contribution >= 0.6 is 0 Å². The van der Waals surface area contributed by atoms with E-state index in [1.807, 2.05) is 0 Å². The van der Waals surface area contributed by atoms with Gasteiger partial charge in [0.1, 0.15) is 17.1 Å². The van der Waals surface area contributed by atoms with Gasteiger partial charge in [-0.3, -0.25) is 0 Å². The predicted molar refractivity (Wildman–Crippen MR) is 53.1 cm³/mol. The maximum Gasteiger partial charge on any atom is 0.522 e. The van der Waals surface area contributed by atoms with Gasteiger partial charge in [0.05, 0.1) is 0 Å². The minimum atomic E-state index is -1.04. The summed E-state index contributed by atoms with van der Waals surface area (Å²) < 4.78 is 18.4. The molecule has 16 heavy (non-hydrogen) atoms. The lowest BCUT2D eigenvalue weighted by Gasteiger charge is -2.21. The Hall–Kier alpha value is -1.60. The van der Waals surface area contributed by atoms with Crippen LogP contribution in [0.2, 0.25) is 6.32 Å². The van der Waals surface area contributed by atoms with Crippen LogP contribution in [0.1, 0.15) is 15.9 Å². The predicted octanol–water partition coefficient (Wildman–Crippen LogP) is 0.272.